The summed E-state index contributed by atoms with van der Waals surface area (Å²) in [6.45, 7) is -0.724. The highest BCUT2D eigenvalue weighted by molar-refractivity contribution is 7.89. The molecule has 0 aromatic heterocycles. The summed E-state index contributed by atoms with van der Waals surface area (Å²) in [5.41, 5.74) is 0.901. The van der Waals surface area contributed by atoms with E-state index in [9.17, 15) is 18.3 Å². The summed E-state index contributed by atoms with van der Waals surface area (Å²) in [6, 6.07) is 13.3. The summed E-state index contributed by atoms with van der Waals surface area (Å²) in [5.74, 6) is -0.852. The minimum absolute atomic E-state index is 0.00860. The van der Waals surface area contributed by atoms with E-state index in [-0.39, 0.29) is 17.2 Å². The molecule has 0 saturated carbocycles. The van der Waals surface area contributed by atoms with Gasteiger partial charge in [0.1, 0.15) is 0 Å². The Morgan fingerprint density at radius 2 is 1.69 bits per heavy atom. The molecule has 0 radical (unpaired) electrons. The number of rotatable bonds is 9. The molecule has 0 heterocycles. The molecule has 0 bridgehead atoms. The van der Waals surface area contributed by atoms with Gasteiger partial charge >= 0.3 is 0 Å². The summed E-state index contributed by atoms with van der Waals surface area (Å²) >= 11 is 0. The smallest absolute Gasteiger partial charge is 0.243 e. The minimum atomic E-state index is -4.05. The number of hydrogen-bond donors (Lipinski definition) is 0. The van der Waals surface area contributed by atoms with Crippen molar-refractivity contribution in [2.24, 2.45) is 0 Å². The van der Waals surface area contributed by atoms with Crippen LogP contribution in [0, 0.1) is 0 Å². The second-order valence-electron chi connectivity index (χ2n) is 5.46. The van der Waals surface area contributed by atoms with Crippen LogP contribution in [0.5, 0.6) is 11.5 Å². The lowest BCUT2D eigenvalue weighted by Crippen LogP contribution is -2.42. The molecule has 26 heavy (non-hydrogen) atoms. The van der Waals surface area contributed by atoms with Gasteiger partial charge in [-0.05, 0) is 24.1 Å². The quantitative estimate of drug-likeness (QED) is 0.637. The van der Waals surface area contributed by atoms with Crippen molar-refractivity contribution in [2.75, 3.05) is 27.3 Å². The van der Waals surface area contributed by atoms with Crippen molar-refractivity contribution in [3.63, 3.8) is 0 Å². The van der Waals surface area contributed by atoms with Crippen molar-refractivity contribution in [2.45, 2.75) is 11.3 Å². The van der Waals surface area contributed by atoms with Crippen LogP contribution in [-0.2, 0) is 21.2 Å². The predicted octanol–water partition coefficient (Wildman–Crippen LogP) is 0.687. The summed E-state index contributed by atoms with van der Waals surface area (Å²) in [6.07, 6.45) is 0.376. The van der Waals surface area contributed by atoms with Crippen LogP contribution in [0.25, 0.3) is 0 Å². The number of benzene rings is 2. The summed E-state index contributed by atoms with van der Waals surface area (Å²) in [4.78, 5) is 11.0. The van der Waals surface area contributed by atoms with Crippen molar-refractivity contribution >= 4 is 16.0 Å². The van der Waals surface area contributed by atoms with Crippen LogP contribution in [0.15, 0.2) is 53.4 Å². The number of nitrogens with zero attached hydrogens (tertiary/aromatic N) is 1. The van der Waals surface area contributed by atoms with Gasteiger partial charge in [0.25, 0.3) is 0 Å². The maximum absolute atomic E-state index is 12.9. The fraction of sp³-hybridized carbons (Fsp3) is 0.278. The van der Waals surface area contributed by atoms with Gasteiger partial charge in [0.2, 0.25) is 10.0 Å². The number of methoxy groups -OCH3 is 2. The zero-order valence-electron chi connectivity index (χ0n) is 14.5. The standard InChI is InChI=1S/C18H21NO6S/c1-24-16-9-8-15(12-17(16)25-2)26(22,23)19(13-18(20)21)11-10-14-6-4-3-5-7-14/h3-9,12H,10-11,13H2,1-2H3,(H,20,21)/p-1. The predicted molar refractivity (Wildman–Crippen MR) is 93.5 cm³/mol. The average molecular weight is 378 g/mol. The molecule has 0 unspecified atom stereocenters. The molecule has 8 heteroatoms. The third-order valence-corrected chi connectivity index (χ3v) is 5.63. The van der Waals surface area contributed by atoms with E-state index in [4.69, 9.17) is 9.47 Å². The molecular formula is C18H20NO6S-. The molecule has 2 aromatic carbocycles. The van der Waals surface area contributed by atoms with E-state index in [0.717, 1.165) is 9.87 Å². The van der Waals surface area contributed by atoms with Crippen LogP contribution in [-0.4, -0.2) is 46.0 Å². The fourth-order valence-electron chi connectivity index (χ4n) is 2.45. The lowest BCUT2D eigenvalue weighted by Gasteiger charge is -2.23. The van der Waals surface area contributed by atoms with Crippen LogP contribution in [0.2, 0.25) is 0 Å². The van der Waals surface area contributed by atoms with Gasteiger partial charge < -0.3 is 19.4 Å². The number of aliphatic carboxylic acids is 1. The zero-order valence-corrected chi connectivity index (χ0v) is 15.4. The Kier molecular flexibility index (Phi) is 6.59. The molecule has 2 aromatic rings. The molecule has 0 N–H and O–H groups in total. The monoisotopic (exact) mass is 378 g/mol. The van der Waals surface area contributed by atoms with Crippen LogP contribution in [0.3, 0.4) is 0 Å². The Bertz CT molecular complexity index is 851. The maximum Gasteiger partial charge on any atom is 0.243 e. The molecule has 2 rings (SSSR count). The van der Waals surface area contributed by atoms with Gasteiger partial charge in [-0.15, -0.1) is 0 Å². The molecule has 0 spiro atoms. The molecule has 0 saturated heterocycles. The molecule has 0 fully saturated rings. The fourth-order valence-corrected chi connectivity index (χ4v) is 3.85. The Hall–Kier alpha value is -2.58. The van der Waals surface area contributed by atoms with Gasteiger partial charge in [-0.1, -0.05) is 30.3 Å². The summed E-state index contributed by atoms with van der Waals surface area (Å²) in [7, 11) is -1.22. The van der Waals surface area contributed by atoms with E-state index in [2.05, 4.69) is 0 Å². The molecule has 140 valence electrons. The molecular weight excluding hydrogens is 358 g/mol. The molecule has 0 atom stereocenters. The van der Waals surface area contributed by atoms with E-state index in [0.29, 0.717) is 12.2 Å². The van der Waals surface area contributed by atoms with Crippen molar-refractivity contribution in [3.8, 4) is 11.5 Å². The van der Waals surface area contributed by atoms with E-state index < -0.39 is 22.5 Å². The number of carboxylic acid groups (broad SMARTS) is 1. The molecule has 0 aliphatic carbocycles. The normalized spacial score (nSPS) is 11.3. The van der Waals surface area contributed by atoms with Crippen molar-refractivity contribution in [1.29, 1.82) is 0 Å². The minimum Gasteiger partial charge on any atom is -0.549 e. The number of carbonyl (C=O) groups excluding carboxylic acids is 1. The van der Waals surface area contributed by atoms with Crippen LogP contribution >= 0.6 is 0 Å². The molecule has 0 aliphatic heterocycles. The number of hydrogen-bond acceptors (Lipinski definition) is 6. The van der Waals surface area contributed by atoms with Gasteiger partial charge in [0.15, 0.2) is 11.5 Å². The second-order valence-corrected chi connectivity index (χ2v) is 7.40. The number of carboxylic acids is 1. The van der Waals surface area contributed by atoms with Crippen molar-refractivity contribution in [1.82, 2.24) is 4.31 Å². The maximum atomic E-state index is 12.9. The van der Waals surface area contributed by atoms with Crippen LogP contribution in [0.1, 0.15) is 5.56 Å². The Balaban J connectivity index is 2.31. The van der Waals surface area contributed by atoms with Gasteiger partial charge in [-0.2, -0.15) is 4.31 Å². The number of carbonyl (C=O) groups is 1. The number of ether oxygens (including phenoxy) is 2. The summed E-state index contributed by atoms with van der Waals surface area (Å²) < 4.78 is 36.9. The first-order valence-corrected chi connectivity index (χ1v) is 9.28. The van der Waals surface area contributed by atoms with Gasteiger partial charge in [-0.25, -0.2) is 8.42 Å². The third-order valence-electron chi connectivity index (χ3n) is 3.79. The topological polar surface area (TPSA) is 96.0 Å². The van der Waals surface area contributed by atoms with Gasteiger partial charge in [0, 0.05) is 12.6 Å². The first kappa shape index (κ1) is 19.7. The lowest BCUT2D eigenvalue weighted by molar-refractivity contribution is -0.305. The second kappa shape index (κ2) is 8.68. The Morgan fingerprint density at radius 3 is 2.27 bits per heavy atom. The van der Waals surface area contributed by atoms with Crippen molar-refractivity contribution < 1.29 is 27.8 Å². The van der Waals surface area contributed by atoms with Crippen LogP contribution in [0.4, 0.5) is 0 Å². The highest BCUT2D eigenvalue weighted by atomic mass is 32.2. The van der Waals surface area contributed by atoms with E-state index >= 15 is 0 Å². The first-order chi connectivity index (χ1) is 12.4. The largest absolute Gasteiger partial charge is 0.549 e. The van der Waals surface area contributed by atoms with Crippen molar-refractivity contribution in [3.05, 3.63) is 54.1 Å². The highest BCUT2D eigenvalue weighted by Crippen LogP contribution is 2.30. The highest BCUT2D eigenvalue weighted by Gasteiger charge is 2.25. The van der Waals surface area contributed by atoms with Gasteiger partial charge in [0.05, 0.1) is 31.6 Å². The average Bonchev–Trinajstić information content (AvgIpc) is 2.64. The van der Waals surface area contributed by atoms with E-state index in [1.807, 2.05) is 30.3 Å². The molecule has 7 nitrogen and oxygen atoms in total. The first-order valence-electron chi connectivity index (χ1n) is 7.84. The number of sulfonamides is 1. The van der Waals surface area contributed by atoms with Crippen LogP contribution < -0.4 is 14.6 Å². The third kappa shape index (κ3) is 4.74. The lowest BCUT2D eigenvalue weighted by atomic mass is 10.1. The Morgan fingerprint density at radius 1 is 1.04 bits per heavy atom. The van der Waals surface area contributed by atoms with E-state index in [1.54, 1.807) is 0 Å². The van der Waals surface area contributed by atoms with Gasteiger partial charge in [-0.3, -0.25) is 0 Å². The van der Waals surface area contributed by atoms with E-state index in [1.165, 1.54) is 32.4 Å². The molecule has 0 aliphatic rings. The SMILES string of the molecule is COc1ccc(S(=O)(=O)N(CCc2ccccc2)CC(=O)[O-])cc1OC. The Labute approximate surface area is 152 Å². The zero-order chi connectivity index (χ0) is 19.2. The molecule has 0 amide bonds. The summed E-state index contributed by atoms with van der Waals surface area (Å²) in [5, 5.41) is 11.1.